The summed E-state index contributed by atoms with van der Waals surface area (Å²) in [5.41, 5.74) is -1.32. The van der Waals surface area contributed by atoms with Crippen LogP contribution < -0.4 is 10.6 Å². The van der Waals surface area contributed by atoms with Crippen LogP contribution in [0.5, 0.6) is 0 Å². The molecule has 0 spiro atoms. The summed E-state index contributed by atoms with van der Waals surface area (Å²) in [5.74, 6) is -1.37. The monoisotopic (exact) mass is 301 g/mol. The van der Waals surface area contributed by atoms with E-state index in [2.05, 4.69) is 10.6 Å². The van der Waals surface area contributed by atoms with E-state index in [0.29, 0.717) is 13.0 Å². The molecule has 0 aromatic carbocycles. The molecule has 1 aliphatic rings. The summed E-state index contributed by atoms with van der Waals surface area (Å²) in [6.07, 6.45) is 1.11. The number of rotatable bonds is 6. The third-order valence-corrected chi connectivity index (χ3v) is 3.50. The molecule has 0 radical (unpaired) electrons. The number of amides is 3. The van der Waals surface area contributed by atoms with Gasteiger partial charge in [0.15, 0.2) is 0 Å². The Morgan fingerprint density at radius 1 is 1.29 bits per heavy atom. The minimum Gasteiger partial charge on any atom is -0.480 e. The Bertz CT molecular complexity index is 393. The zero-order valence-corrected chi connectivity index (χ0v) is 12.5. The molecule has 0 saturated carbocycles. The summed E-state index contributed by atoms with van der Waals surface area (Å²) in [7, 11) is 1.49. The van der Waals surface area contributed by atoms with Crippen molar-refractivity contribution >= 4 is 17.9 Å². The topological polar surface area (TPSA) is 108 Å². The summed E-state index contributed by atoms with van der Waals surface area (Å²) >= 11 is 0. The molecule has 1 aliphatic heterocycles. The Labute approximate surface area is 123 Å². The second-order valence-corrected chi connectivity index (χ2v) is 5.02. The number of likely N-dealkylation sites (N-methyl/N-ethyl adjacent to an activating group) is 1. The summed E-state index contributed by atoms with van der Waals surface area (Å²) in [4.78, 5) is 36.6. The maximum Gasteiger partial charge on any atom is 0.329 e. The zero-order chi connectivity index (χ0) is 15.9. The van der Waals surface area contributed by atoms with E-state index in [1.807, 2.05) is 6.92 Å². The van der Waals surface area contributed by atoms with Gasteiger partial charge in [-0.05, 0) is 6.42 Å². The van der Waals surface area contributed by atoms with Crippen LogP contribution in [0.4, 0.5) is 4.79 Å². The van der Waals surface area contributed by atoms with E-state index in [9.17, 15) is 19.5 Å². The molecular weight excluding hydrogens is 278 g/mol. The van der Waals surface area contributed by atoms with Gasteiger partial charge in [0.25, 0.3) is 0 Å². The van der Waals surface area contributed by atoms with Gasteiger partial charge in [-0.25, -0.2) is 9.59 Å². The first-order chi connectivity index (χ1) is 9.95. The van der Waals surface area contributed by atoms with Crippen molar-refractivity contribution in [2.45, 2.75) is 31.7 Å². The zero-order valence-electron chi connectivity index (χ0n) is 12.5. The van der Waals surface area contributed by atoms with Crippen LogP contribution in [0.2, 0.25) is 0 Å². The van der Waals surface area contributed by atoms with Crippen molar-refractivity contribution in [3.8, 4) is 0 Å². The highest BCUT2D eigenvalue weighted by Crippen LogP contribution is 2.21. The Kier molecular flexibility index (Phi) is 6.41. The fourth-order valence-corrected chi connectivity index (χ4v) is 2.17. The van der Waals surface area contributed by atoms with Gasteiger partial charge in [-0.3, -0.25) is 4.79 Å². The van der Waals surface area contributed by atoms with Gasteiger partial charge in [0.05, 0.1) is 0 Å². The first-order valence-corrected chi connectivity index (χ1v) is 7.04. The molecule has 0 atom stereocenters. The summed E-state index contributed by atoms with van der Waals surface area (Å²) in [6.45, 7) is 2.74. The summed E-state index contributed by atoms with van der Waals surface area (Å²) < 4.78 is 5.15. The standard InChI is InChI=1S/C13H23N3O5/c1-3-6-16(9-10(17)14-2)12(20)15-13(11(18)19)4-7-21-8-5-13/h3-9H2,1-2H3,(H,14,17)(H,15,20)(H,18,19). The van der Waals surface area contributed by atoms with E-state index in [-0.39, 0.29) is 38.5 Å². The highest BCUT2D eigenvalue weighted by Gasteiger charge is 2.42. The number of nitrogens with one attached hydrogen (secondary N) is 2. The minimum absolute atomic E-state index is 0.0949. The lowest BCUT2D eigenvalue weighted by Crippen LogP contribution is -2.61. The molecule has 3 N–H and O–H groups in total. The van der Waals surface area contributed by atoms with Gasteiger partial charge in [-0.15, -0.1) is 0 Å². The number of carboxylic acid groups (broad SMARTS) is 1. The summed E-state index contributed by atoms with van der Waals surface area (Å²) in [6, 6.07) is -0.537. The van der Waals surface area contributed by atoms with Crippen LogP contribution in [0.1, 0.15) is 26.2 Å². The second kappa shape index (κ2) is 7.82. The van der Waals surface area contributed by atoms with E-state index < -0.39 is 17.5 Å². The van der Waals surface area contributed by atoms with Crippen LogP contribution >= 0.6 is 0 Å². The molecule has 0 aliphatic carbocycles. The molecule has 21 heavy (non-hydrogen) atoms. The number of nitrogens with zero attached hydrogens (tertiary/aromatic N) is 1. The molecule has 1 fully saturated rings. The highest BCUT2D eigenvalue weighted by atomic mass is 16.5. The number of carbonyl (C=O) groups excluding carboxylic acids is 2. The van der Waals surface area contributed by atoms with Crippen LogP contribution in [-0.4, -0.2) is 66.8 Å². The molecule has 120 valence electrons. The summed E-state index contributed by atoms with van der Waals surface area (Å²) in [5, 5.41) is 14.4. The van der Waals surface area contributed by atoms with Crippen LogP contribution in [0, 0.1) is 0 Å². The van der Waals surface area contributed by atoms with Crippen molar-refractivity contribution in [1.82, 2.24) is 15.5 Å². The number of hydrogen-bond acceptors (Lipinski definition) is 4. The average Bonchev–Trinajstić information content (AvgIpc) is 2.47. The number of carboxylic acids is 1. The number of ether oxygens (including phenoxy) is 1. The van der Waals surface area contributed by atoms with Gasteiger partial charge in [0.2, 0.25) is 5.91 Å². The number of aliphatic carboxylic acids is 1. The number of carbonyl (C=O) groups is 3. The Morgan fingerprint density at radius 2 is 1.90 bits per heavy atom. The van der Waals surface area contributed by atoms with Gasteiger partial charge < -0.3 is 25.4 Å². The van der Waals surface area contributed by atoms with Crippen molar-refractivity contribution in [3.05, 3.63) is 0 Å². The minimum atomic E-state index is -1.32. The van der Waals surface area contributed by atoms with Gasteiger partial charge in [-0.2, -0.15) is 0 Å². The van der Waals surface area contributed by atoms with Gasteiger partial charge in [0, 0.05) is 39.6 Å². The molecule has 3 amide bonds. The molecule has 1 heterocycles. The van der Waals surface area contributed by atoms with E-state index in [0.717, 1.165) is 0 Å². The van der Waals surface area contributed by atoms with Gasteiger partial charge >= 0.3 is 12.0 Å². The third-order valence-electron chi connectivity index (χ3n) is 3.50. The largest absolute Gasteiger partial charge is 0.480 e. The first kappa shape index (κ1) is 17.2. The fraction of sp³-hybridized carbons (Fsp3) is 0.769. The molecule has 0 aromatic heterocycles. The molecular formula is C13H23N3O5. The van der Waals surface area contributed by atoms with Crippen molar-refractivity contribution in [3.63, 3.8) is 0 Å². The predicted molar refractivity (Wildman–Crippen MR) is 74.9 cm³/mol. The number of urea groups is 1. The van der Waals surface area contributed by atoms with Gasteiger partial charge in [-0.1, -0.05) is 6.92 Å². The van der Waals surface area contributed by atoms with Crippen molar-refractivity contribution in [2.75, 3.05) is 33.4 Å². The first-order valence-electron chi connectivity index (χ1n) is 7.04. The molecule has 8 nitrogen and oxygen atoms in total. The fourth-order valence-electron chi connectivity index (χ4n) is 2.17. The highest BCUT2D eigenvalue weighted by molar-refractivity contribution is 5.88. The molecule has 0 bridgehead atoms. The van der Waals surface area contributed by atoms with E-state index in [1.165, 1.54) is 11.9 Å². The van der Waals surface area contributed by atoms with Crippen molar-refractivity contribution in [2.24, 2.45) is 0 Å². The normalized spacial score (nSPS) is 16.9. The SMILES string of the molecule is CCCN(CC(=O)NC)C(=O)NC1(C(=O)O)CCOCC1. The molecule has 8 heteroatoms. The maximum atomic E-state index is 12.3. The van der Waals surface area contributed by atoms with E-state index >= 15 is 0 Å². The smallest absolute Gasteiger partial charge is 0.329 e. The molecule has 1 rings (SSSR count). The number of hydrogen-bond donors (Lipinski definition) is 3. The van der Waals surface area contributed by atoms with E-state index in [4.69, 9.17) is 4.74 Å². The van der Waals surface area contributed by atoms with Crippen LogP contribution in [0.25, 0.3) is 0 Å². The maximum absolute atomic E-state index is 12.3. The lowest BCUT2D eigenvalue weighted by Gasteiger charge is -2.35. The third kappa shape index (κ3) is 4.59. The second-order valence-electron chi connectivity index (χ2n) is 5.02. The molecule has 1 saturated heterocycles. The Morgan fingerprint density at radius 3 is 2.38 bits per heavy atom. The lowest BCUT2D eigenvalue weighted by atomic mass is 9.90. The average molecular weight is 301 g/mol. The van der Waals surface area contributed by atoms with Gasteiger partial charge in [0.1, 0.15) is 12.1 Å². The lowest BCUT2D eigenvalue weighted by molar-refractivity contribution is -0.148. The van der Waals surface area contributed by atoms with Crippen LogP contribution in [0.15, 0.2) is 0 Å². The Hall–Kier alpha value is -1.83. The molecule has 0 unspecified atom stereocenters. The van der Waals surface area contributed by atoms with Crippen LogP contribution in [0.3, 0.4) is 0 Å². The van der Waals surface area contributed by atoms with Crippen molar-refractivity contribution < 1.29 is 24.2 Å². The van der Waals surface area contributed by atoms with E-state index in [1.54, 1.807) is 0 Å². The quantitative estimate of drug-likeness (QED) is 0.629. The predicted octanol–water partition coefficient (Wildman–Crippen LogP) is -0.212. The molecule has 0 aromatic rings. The van der Waals surface area contributed by atoms with Crippen molar-refractivity contribution in [1.29, 1.82) is 0 Å². The Balaban J connectivity index is 2.77. The van der Waals surface area contributed by atoms with Crippen LogP contribution in [-0.2, 0) is 14.3 Å².